The van der Waals surface area contributed by atoms with Gasteiger partial charge in [-0.2, -0.15) is 0 Å². The fraction of sp³-hybridized carbons (Fsp3) is 0.588. The second kappa shape index (κ2) is 9.79. The molecule has 2 atom stereocenters. The van der Waals surface area contributed by atoms with E-state index in [9.17, 15) is 17.6 Å². The Kier molecular flexibility index (Phi) is 7.99. The van der Waals surface area contributed by atoms with Crippen molar-refractivity contribution in [3.8, 4) is 0 Å². The summed E-state index contributed by atoms with van der Waals surface area (Å²) in [6.07, 6.45) is 1.70. The van der Waals surface area contributed by atoms with Crippen LogP contribution in [0.4, 0.5) is 4.39 Å². The molecule has 2 aliphatic heterocycles. The van der Waals surface area contributed by atoms with Gasteiger partial charge in [0, 0.05) is 38.1 Å². The number of benzene rings is 1. The number of rotatable bonds is 5. The Morgan fingerprint density at radius 1 is 1.41 bits per heavy atom. The van der Waals surface area contributed by atoms with Crippen molar-refractivity contribution in [1.82, 2.24) is 14.9 Å². The van der Waals surface area contributed by atoms with Gasteiger partial charge in [-0.1, -0.05) is 6.07 Å². The number of morpholine rings is 1. The van der Waals surface area contributed by atoms with Crippen molar-refractivity contribution in [3.05, 3.63) is 30.1 Å². The molecule has 1 aromatic rings. The van der Waals surface area contributed by atoms with Crippen molar-refractivity contribution in [2.45, 2.75) is 36.2 Å². The van der Waals surface area contributed by atoms with Crippen LogP contribution in [0.1, 0.15) is 19.3 Å². The smallest absolute Gasteiger partial charge is 0.240 e. The first-order chi connectivity index (χ1) is 12.4. The van der Waals surface area contributed by atoms with E-state index >= 15 is 0 Å². The Bertz CT molecular complexity index is 743. The van der Waals surface area contributed by atoms with Crippen LogP contribution in [0.3, 0.4) is 0 Å². The topological polar surface area (TPSA) is 87.7 Å². The molecule has 10 heteroatoms. The van der Waals surface area contributed by atoms with Gasteiger partial charge in [0.1, 0.15) is 5.82 Å². The molecule has 0 aliphatic carbocycles. The molecule has 2 unspecified atom stereocenters. The molecular formula is C17H25ClFN3O4S. The van der Waals surface area contributed by atoms with E-state index in [1.165, 1.54) is 18.2 Å². The number of likely N-dealkylation sites (tertiary alicyclic amines) is 1. The lowest BCUT2D eigenvalue weighted by Crippen LogP contribution is -2.51. The molecule has 0 spiro atoms. The van der Waals surface area contributed by atoms with Crippen LogP contribution in [0.15, 0.2) is 29.2 Å². The highest BCUT2D eigenvalue weighted by Crippen LogP contribution is 2.16. The Hall–Kier alpha value is -1.26. The number of carbonyl (C=O) groups excluding carboxylic acids is 1. The first-order valence-electron chi connectivity index (χ1n) is 8.81. The highest BCUT2D eigenvalue weighted by molar-refractivity contribution is 7.89. The number of amides is 1. The lowest BCUT2D eigenvalue weighted by atomic mass is 10.1. The van der Waals surface area contributed by atoms with E-state index in [0.717, 1.165) is 19.0 Å². The van der Waals surface area contributed by atoms with E-state index in [4.69, 9.17) is 4.74 Å². The van der Waals surface area contributed by atoms with Crippen LogP contribution in [0.25, 0.3) is 0 Å². The third kappa shape index (κ3) is 6.11. The van der Waals surface area contributed by atoms with Gasteiger partial charge in [0.2, 0.25) is 15.9 Å². The van der Waals surface area contributed by atoms with Crippen LogP contribution in [0.5, 0.6) is 0 Å². The summed E-state index contributed by atoms with van der Waals surface area (Å²) < 4.78 is 46.1. The van der Waals surface area contributed by atoms with Crippen molar-refractivity contribution in [2.24, 2.45) is 0 Å². The number of hydrogen-bond acceptors (Lipinski definition) is 5. The average Bonchev–Trinajstić information content (AvgIpc) is 2.62. The Labute approximate surface area is 165 Å². The summed E-state index contributed by atoms with van der Waals surface area (Å²) in [4.78, 5) is 14.1. The molecule has 2 N–H and O–H groups in total. The van der Waals surface area contributed by atoms with Crippen molar-refractivity contribution < 1.29 is 22.3 Å². The zero-order valence-corrected chi connectivity index (χ0v) is 16.5. The van der Waals surface area contributed by atoms with Crippen LogP contribution < -0.4 is 10.0 Å². The van der Waals surface area contributed by atoms with E-state index in [1.54, 1.807) is 4.90 Å². The van der Waals surface area contributed by atoms with Gasteiger partial charge in [-0.05, 0) is 31.0 Å². The van der Waals surface area contributed by atoms with Gasteiger partial charge in [0.25, 0.3) is 0 Å². The number of sulfonamides is 1. The number of piperidine rings is 1. The van der Waals surface area contributed by atoms with Gasteiger partial charge in [-0.3, -0.25) is 4.79 Å². The van der Waals surface area contributed by atoms with Crippen LogP contribution in [0, 0.1) is 5.82 Å². The molecule has 152 valence electrons. The van der Waals surface area contributed by atoms with Gasteiger partial charge in [0.05, 0.1) is 18.1 Å². The summed E-state index contributed by atoms with van der Waals surface area (Å²) in [6, 6.07) is 4.52. The molecule has 0 bridgehead atoms. The maximum atomic E-state index is 13.3. The minimum absolute atomic E-state index is 0. The molecule has 2 fully saturated rings. The van der Waals surface area contributed by atoms with Crippen LogP contribution in [0.2, 0.25) is 0 Å². The highest BCUT2D eigenvalue weighted by atomic mass is 35.5. The zero-order valence-electron chi connectivity index (χ0n) is 14.9. The summed E-state index contributed by atoms with van der Waals surface area (Å²) in [5, 5.41) is 3.25. The maximum Gasteiger partial charge on any atom is 0.240 e. The van der Waals surface area contributed by atoms with Gasteiger partial charge in [-0.15, -0.1) is 12.4 Å². The van der Waals surface area contributed by atoms with Crippen LogP contribution in [-0.4, -0.2) is 64.2 Å². The SMILES string of the molecule is Cl.O=C(CC1COCCN1)N1CCCC(NS(=O)(=O)c2cccc(F)c2)C1. The third-order valence-electron chi connectivity index (χ3n) is 4.62. The molecule has 3 rings (SSSR count). The Morgan fingerprint density at radius 2 is 2.22 bits per heavy atom. The normalized spacial score (nSPS) is 23.5. The second-order valence-corrected chi connectivity index (χ2v) is 8.40. The highest BCUT2D eigenvalue weighted by Gasteiger charge is 2.29. The third-order valence-corrected chi connectivity index (χ3v) is 6.14. The first kappa shape index (κ1) is 22.0. The summed E-state index contributed by atoms with van der Waals surface area (Å²) in [6.45, 7) is 2.83. The van der Waals surface area contributed by atoms with Gasteiger partial charge < -0.3 is 15.0 Å². The lowest BCUT2D eigenvalue weighted by molar-refractivity contribution is -0.133. The predicted octanol–water partition coefficient (Wildman–Crippen LogP) is 0.895. The molecule has 2 heterocycles. The number of carbonyl (C=O) groups is 1. The van der Waals surface area contributed by atoms with E-state index < -0.39 is 15.8 Å². The Balaban J connectivity index is 0.00000261. The number of halogens is 2. The molecular weight excluding hydrogens is 397 g/mol. The van der Waals surface area contributed by atoms with Crippen molar-refractivity contribution in [1.29, 1.82) is 0 Å². The first-order valence-corrected chi connectivity index (χ1v) is 10.3. The van der Waals surface area contributed by atoms with Gasteiger partial charge in [-0.25, -0.2) is 17.5 Å². The number of nitrogens with one attached hydrogen (secondary N) is 2. The molecule has 0 saturated carbocycles. The minimum Gasteiger partial charge on any atom is -0.378 e. The van der Waals surface area contributed by atoms with Crippen molar-refractivity contribution >= 4 is 28.3 Å². The van der Waals surface area contributed by atoms with Crippen molar-refractivity contribution in [2.75, 3.05) is 32.8 Å². The van der Waals surface area contributed by atoms with Gasteiger partial charge in [0.15, 0.2) is 0 Å². The van der Waals surface area contributed by atoms with E-state index in [0.29, 0.717) is 39.1 Å². The molecule has 2 saturated heterocycles. The maximum absolute atomic E-state index is 13.3. The monoisotopic (exact) mass is 421 g/mol. The molecule has 7 nitrogen and oxygen atoms in total. The minimum atomic E-state index is -3.82. The van der Waals surface area contributed by atoms with Crippen LogP contribution in [-0.2, 0) is 19.6 Å². The standard InChI is InChI=1S/C17H24FN3O4S.ClH/c18-13-3-1-5-16(9-13)26(23,24)20-14-4-2-7-21(11-14)17(22)10-15-12-25-8-6-19-15;/h1,3,5,9,14-15,19-20H,2,4,6-8,10-12H2;1H. The second-order valence-electron chi connectivity index (χ2n) is 6.69. The lowest BCUT2D eigenvalue weighted by Gasteiger charge is -2.34. The average molecular weight is 422 g/mol. The summed E-state index contributed by atoms with van der Waals surface area (Å²) in [5.74, 6) is -0.613. The molecule has 1 amide bonds. The van der Waals surface area contributed by atoms with Crippen molar-refractivity contribution in [3.63, 3.8) is 0 Å². The molecule has 27 heavy (non-hydrogen) atoms. The molecule has 0 aromatic heterocycles. The summed E-state index contributed by atoms with van der Waals surface area (Å²) >= 11 is 0. The zero-order chi connectivity index (χ0) is 18.6. The van der Waals surface area contributed by atoms with Gasteiger partial charge >= 0.3 is 0 Å². The predicted molar refractivity (Wildman–Crippen MR) is 101 cm³/mol. The number of nitrogens with zero attached hydrogens (tertiary/aromatic N) is 1. The molecule has 2 aliphatic rings. The summed E-state index contributed by atoms with van der Waals surface area (Å²) in [5.41, 5.74) is 0. The Morgan fingerprint density at radius 3 is 2.93 bits per heavy atom. The number of ether oxygens (including phenoxy) is 1. The van der Waals surface area contributed by atoms with E-state index in [-0.39, 0.29) is 35.3 Å². The quantitative estimate of drug-likeness (QED) is 0.737. The fourth-order valence-corrected chi connectivity index (χ4v) is 4.60. The van der Waals surface area contributed by atoms with E-state index in [1.807, 2.05) is 0 Å². The van der Waals surface area contributed by atoms with Crippen LogP contribution >= 0.6 is 12.4 Å². The summed E-state index contributed by atoms with van der Waals surface area (Å²) in [7, 11) is -3.82. The fourth-order valence-electron chi connectivity index (χ4n) is 3.31. The molecule has 1 aromatic carbocycles. The largest absolute Gasteiger partial charge is 0.378 e. The molecule has 0 radical (unpaired) electrons. The van der Waals surface area contributed by atoms with E-state index in [2.05, 4.69) is 10.0 Å². The number of hydrogen-bond donors (Lipinski definition) is 2.